The van der Waals surface area contributed by atoms with E-state index in [2.05, 4.69) is 0 Å². The summed E-state index contributed by atoms with van der Waals surface area (Å²) in [6, 6.07) is 12.7. The first kappa shape index (κ1) is 15.9. The molecule has 0 unspecified atom stereocenters. The quantitative estimate of drug-likeness (QED) is 0.783. The topological polar surface area (TPSA) is 35.5 Å². The van der Waals surface area contributed by atoms with Gasteiger partial charge in [-0.2, -0.15) is 13.2 Å². The van der Waals surface area contributed by atoms with Crippen molar-refractivity contribution in [2.45, 2.75) is 12.8 Å². The fourth-order valence-electron chi connectivity index (χ4n) is 1.89. The number of carbonyl (C=O) groups is 1. The highest BCUT2D eigenvalue weighted by atomic mass is 19.4. The number of methoxy groups -OCH3 is 1. The van der Waals surface area contributed by atoms with Crippen LogP contribution < -0.4 is 9.47 Å². The molecule has 0 aliphatic carbocycles. The summed E-state index contributed by atoms with van der Waals surface area (Å²) in [7, 11) is 1.30. The first-order valence-corrected chi connectivity index (χ1v) is 6.38. The van der Waals surface area contributed by atoms with Crippen molar-refractivity contribution in [3.8, 4) is 11.5 Å². The highest BCUT2D eigenvalue weighted by Gasteiger charge is 2.41. The second-order valence-electron chi connectivity index (χ2n) is 4.44. The molecule has 0 N–H and O–H groups in total. The SMILES string of the molecule is COc1cccc(C(=O)C(F)(F)F)c1OCc1ccccc1. The van der Waals surface area contributed by atoms with Crippen molar-refractivity contribution in [2.75, 3.05) is 7.11 Å². The molecule has 2 rings (SSSR count). The monoisotopic (exact) mass is 310 g/mol. The molecule has 0 amide bonds. The third-order valence-corrected chi connectivity index (χ3v) is 2.93. The van der Waals surface area contributed by atoms with E-state index in [-0.39, 0.29) is 18.1 Å². The largest absolute Gasteiger partial charge is 0.493 e. The van der Waals surface area contributed by atoms with Crippen molar-refractivity contribution < 1.29 is 27.4 Å². The van der Waals surface area contributed by atoms with Crippen LogP contribution in [0.15, 0.2) is 48.5 Å². The van der Waals surface area contributed by atoms with Crippen LogP contribution in [0.5, 0.6) is 11.5 Å². The van der Waals surface area contributed by atoms with Crippen LogP contribution in [0.2, 0.25) is 0 Å². The molecule has 2 aromatic rings. The third-order valence-electron chi connectivity index (χ3n) is 2.93. The van der Waals surface area contributed by atoms with E-state index in [4.69, 9.17) is 9.47 Å². The lowest BCUT2D eigenvalue weighted by Crippen LogP contribution is -2.23. The number of rotatable bonds is 5. The highest BCUT2D eigenvalue weighted by Crippen LogP contribution is 2.35. The van der Waals surface area contributed by atoms with Crippen molar-refractivity contribution in [2.24, 2.45) is 0 Å². The standard InChI is InChI=1S/C16H13F3O3/c1-21-13-9-5-8-12(15(20)16(17,18)19)14(13)22-10-11-6-3-2-4-7-11/h2-9H,10H2,1H3. The molecule has 0 atom stereocenters. The van der Waals surface area contributed by atoms with Crippen LogP contribution in [0.4, 0.5) is 13.2 Å². The van der Waals surface area contributed by atoms with Crippen molar-refractivity contribution in [1.82, 2.24) is 0 Å². The summed E-state index contributed by atoms with van der Waals surface area (Å²) in [5.74, 6) is -2.10. The molecular weight excluding hydrogens is 297 g/mol. The fraction of sp³-hybridized carbons (Fsp3) is 0.188. The van der Waals surface area contributed by atoms with Crippen molar-refractivity contribution in [1.29, 1.82) is 0 Å². The molecule has 0 fully saturated rings. The Hall–Kier alpha value is -2.50. The number of carbonyl (C=O) groups excluding carboxylic acids is 1. The van der Waals surface area contributed by atoms with Gasteiger partial charge in [-0.15, -0.1) is 0 Å². The zero-order valence-corrected chi connectivity index (χ0v) is 11.7. The lowest BCUT2D eigenvalue weighted by molar-refractivity contribution is -0.0887. The molecule has 22 heavy (non-hydrogen) atoms. The minimum Gasteiger partial charge on any atom is -0.493 e. The van der Waals surface area contributed by atoms with Crippen LogP contribution in [0.1, 0.15) is 15.9 Å². The van der Waals surface area contributed by atoms with Crippen molar-refractivity contribution >= 4 is 5.78 Å². The Labute approximate surface area is 125 Å². The summed E-state index contributed by atoms with van der Waals surface area (Å²) in [4.78, 5) is 11.5. The van der Waals surface area contributed by atoms with Gasteiger partial charge in [0.2, 0.25) is 0 Å². The summed E-state index contributed by atoms with van der Waals surface area (Å²) in [5.41, 5.74) is 0.196. The number of benzene rings is 2. The molecule has 0 aliphatic rings. The number of hydrogen-bond donors (Lipinski definition) is 0. The maximum atomic E-state index is 12.7. The van der Waals surface area contributed by atoms with E-state index in [1.165, 1.54) is 19.2 Å². The van der Waals surface area contributed by atoms with Crippen molar-refractivity contribution in [3.63, 3.8) is 0 Å². The molecule has 0 spiro atoms. The molecule has 0 aliphatic heterocycles. The second kappa shape index (κ2) is 6.51. The third kappa shape index (κ3) is 3.58. The summed E-state index contributed by atoms with van der Waals surface area (Å²) in [6.07, 6.45) is -4.97. The molecule has 0 saturated heterocycles. The lowest BCUT2D eigenvalue weighted by atomic mass is 10.1. The second-order valence-corrected chi connectivity index (χ2v) is 4.44. The predicted octanol–water partition coefficient (Wildman–Crippen LogP) is 4.02. The summed E-state index contributed by atoms with van der Waals surface area (Å²) < 4.78 is 48.4. The number of alkyl halides is 3. The molecule has 116 valence electrons. The Balaban J connectivity index is 2.33. The van der Waals surface area contributed by atoms with Gasteiger partial charge in [-0.25, -0.2) is 0 Å². The maximum Gasteiger partial charge on any atom is 0.455 e. The number of halogens is 3. The van der Waals surface area contributed by atoms with E-state index in [0.717, 1.165) is 11.6 Å². The average Bonchev–Trinajstić information content (AvgIpc) is 2.52. The van der Waals surface area contributed by atoms with E-state index < -0.39 is 17.5 Å². The van der Waals surface area contributed by atoms with Gasteiger partial charge in [0.25, 0.3) is 5.78 Å². The Morgan fingerprint density at radius 3 is 2.32 bits per heavy atom. The van der Waals surface area contributed by atoms with Crippen LogP contribution in [0.3, 0.4) is 0 Å². The van der Waals surface area contributed by atoms with Gasteiger partial charge in [-0.1, -0.05) is 36.4 Å². The molecular formula is C16H13F3O3. The van der Waals surface area contributed by atoms with Gasteiger partial charge in [0, 0.05) is 0 Å². The zero-order chi connectivity index (χ0) is 16.2. The van der Waals surface area contributed by atoms with Gasteiger partial charge in [0.05, 0.1) is 12.7 Å². The summed E-state index contributed by atoms with van der Waals surface area (Å²) >= 11 is 0. The molecule has 0 bridgehead atoms. The number of ketones is 1. The van der Waals surface area contributed by atoms with Gasteiger partial charge in [0.15, 0.2) is 11.5 Å². The van der Waals surface area contributed by atoms with Crippen molar-refractivity contribution in [3.05, 3.63) is 59.7 Å². The van der Waals surface area contributed by atoms with E-state index in [1.54, 1.807) is 24.3 Å². The van der Waals surface area contributed by atoms with Crippen LogP contribution in [0.25, 0.3) is 0 Å². The van der Waals surface area contributed by atoms with Crippen LogP contribution >= 0.6 is 0 Å². The molecule has 0 radical (unpaired) electrons. The first-order valence-electron chi connectivity index (χ1n) is 6.38. The number of hydrogen-bond acceptors (Lipinski definition) is 3. The van der Waals surface area contributed by atoms with E-state index in [1.807, 2.05) is 6.07 Å². The lowest BCUT2D eigenvalue weighted by Gasteiger charge is -2.15. The fourth-order valence-corrected chi connectivity index (χ4v) is 1.89. The van der Waals surface area contributed by atoms with Gasteiger partial charge < -0.3 is 9.47 Å². The molecule has 2 aromatic carbocycles. The minimum absolute atomic E-state index is 0.0271. The van der Waals surface area contributed by atoms with Gasteiger partial charge in [-0.3, -0.25) is 4.79 Å². The maximum absolute atomic E-state index is 12.7. The highest BCUT2D eigenvalue weighted by molar-refractivity contribution is 6.03. The van der Waals surface area contributed by atoms with E-state index in [0.29, 0.717) is 0 Å². The minimum atomic E-state index is -4.97. The van der Waals surface area contributed by atoms with Gasteiger partial charge >= 0.3 is 6.18 Å². The van der Waals surface area contributed by atoms with Crippen LogP contribution in [-0.2, 0) is 6.61 Å². The predicted molar refractivity (Wildman–Crippen MR) is 74.2 cm³/mol. The molecule has 3 nitrogen and oxygen atoms in total. The molecule has 6 heteroatoms. The number of Topliss-reactive ketones (excluding diaryl/α,β-unsaturated/α-hetero) is 1. The zero-order valence-electron chi connectivity index (χ0n) is 11.7. The summed E-state index contributed by atoms with van der Waals surface area (Å²) in [5, 5.41) is 0. The Bertz CT molecular complexity index is 651. The Morgan fingerprint density at radius 2 is 1.73 bits per heavy atom. The molecule has 0 aromatic heterocycles. The Morgan fingerprint density at radius 1 is 1.05 bits per heavy atom. The normalized spacial score (nSPS) is 11.1. The van der Waals surface area contributed by atoms with Gasteiger partial charge in [0.1, 0.15) is 6.61 Å². The number of ether oxygens (including phenoxy) is 2. The molecule has 0 saturated carbocycles. The average molecular weight is 310 g/mol. The first-order chi connectivity index (χ1) is 10.4. The van der Waals surface area contributed by atoms with Gasteiger partial charge in [-0.05, 0) is 17.7 Å². The van der Waals surface area contributed by atoms with E-state index >= 15 is 0 Å². The molecule has 0 heterocycles. The number of para-hydroxylation sites is 1. The van der Waals surface area contributed by atoms with E-state index in [9.17, 15) is 18.0 Å². The summed E-state index contributed by atoms with van der Waals surface area (Å²) in [6.45, 7) is 0.0271. The smallest absolute Gasteiger partial charge is 0.455 e. The van der Waals surface area contributed by atoms with Crippen LogP contribution in [0, 0.1) is 0 Å². The van der Waals surface area contributed by atoms with Crippen LogP contribution in [-0.4, -0.2) is 19.1 Å². The Kier molecular flexibility index (Phi) is 4.70.